The Hall–Kier alpha value is -1.11. The van der Waals surface area contributed by atoms with Crippen molar-refractivity contribution in [2.24, 2.45) is 5.73 Å². The van der Waals surface area contributed by atoms with Crippen molar-refractivity contribution in [1.82, 2.24) is 5.32 Å². The van der Waals surface area contributed by atoms with Crippen LogP contribution in [0.4, 0.5) is 0 Å². The van der Waals surface area contributed by atoms with Gasteiger partial charge in [0.1, 0.15) is 0 Å². The molecule has 1 atom stereocenters. The minimum atomic E-state index is -3.43. The van der Waals surface area contributed by atoms with Gasteiger partial charge in [-0.15, -0.1) is 12.4 Å². The lowest BCUT2D eigenvalue weighted by atomic mass is 10.1. The third-order valence-electron chi connectivity index (χ3n) is 3.06. The van der Waals surface area contributed by atoms with E-state index < -0.39 is 15.7 Å². The zero-order chi connectivity index (χ0) is 15.2. The van der Waals surface area contributed by atoms with Crippen molar-refractivity contribution in [3.05, 3.63) is 29.8 Å². The molecule has 0 radical (unpaired) electrons. The summed E-state index contributed by atoms with van der Waals surface area (Å²) in [5.74, 6) is -0.391. The van der Waals surface area contributed by atoms with Crippen molar-refractivity contribution in [3.63, 3.8) is 0 Å². The van der Waals surface area contributed by atoms with Gasteiger partial charge in [0.25, 0.3) is 5.91 Å². The first-order valence-electron chi connectivity index (χ1n) is 6.70. The molecule has 0 aliphatic carbocycles. The summed E-state index contributed by atoms with van der Waals surface area (Å²) in [6, 6.07) is 6.07. The standard InChI is InChI=1S/C14H22N2O3S.ClH/c1-3-4-7-11(10-15)16-14(17)12-8-5-6-9-13(12)20(2,18)19;/h5-6,8-9,11H,3-4,7,10,15H2,1-2H3,(H,16,17);1H. The molecule has 120 valence electrons. The molecule has 0 spiro atoms. The minimum Gasteiger partial charge on any atom is -0.348 e. The molecule has 0 bridgehead atoms. The summed E-state index contributed by atoms with van der Waals surface area (Å²) in [6.07, 6.45) is 3.87. The van der Waals surface area contributed by atoms with Crippen LogP contribution in [0.25, 0.3) is 0 Å². The molecule has 7 heteroatoms. The van der Waals surface area contributed by atoms with Gasteiger partial charge >= 0.3 is 0 Å². The Balaban J connectivity index is 0.00000400. The molecule has 5 nitrogen and oxygen atoms in total. The molecule has 21 heavy (non-hydrogen) atoms. The second-order valence-corrected chi connectivity index (χ2v) is 6.80. The van der Waals surface area contributed by atoms with E-state index in [1.54, 1.807) is 12.1 Å². The highest BCUT2D eigenvalue weighted by Crippen LogP contribution is 2.15. The number of carbonyl (C=O) groups is 1. The summed E-state index contributed by atoms with van der Waals surface area (Å²) in [4.78, 5) is 12.3. The first-order valence-corrected chi connectivity index (χ1v) is 8.59. The van der Waals surface area contributed by atoms with Crippen molar-refractivity contribution in [2.75, 3.05) is 12.8 Å². The van der Waals surface area contributed by atoms with E-state index in [1.165, 1.54) is 12.1 Å². The van der Waals surface area contributed by atoms with Gasteiger partial charge in [-0.1, -0.05) is 31.9 Å². The van der Waals surface area contributed by atoms with Crippen molar-refractivity contribution in [3.8, 4) is 0 Å². The zero-order valence-corrected chi connectivity index (χ0v) is 14.0. The predicted octanol–water partition coefficient (Wildman–Crippen LogP) is 1.76. The lowest BCUT2D eigenvalue weighted by Gasteiger charge is -2.17. The third-order valence-corrected chi connectivity index (χ3v) is 4.21. The van der Waals surface area contributed by atoms with Gasteiger partial charge in [-0.05, 0) is 18.6 Å². The summed E-state index contributed by atoms with van der Waals surface area (Å²) < 4.78 is 23.4. The van der Waals surface area contributed by atoms with E-state index in [0.717, 1.165) is 25.5 Å². The molecule has 0 fully saturated rings. The molecule has 0 aliphatic rings. The van der Waals surface area contributed by atoms with E-state index in [0.29, 0.717) is 6.54 Å². The van der Waals surface area contributed by atoms with Gasteiger partial charge in [-0.3, -0.25) is 4.79 Å². The molecule has 0 saturated carbocycles. The maximum Gasteiger partial charge on any atom is 0.252 e. The van der Waals surface area contributed by atoms with Crippen LogP contribution in [0.15, 0.2) is 29.2 Å². The van der Waals surface area contributed by atoms with Crippen LogP contribution in [-0.2, 0) is 9.84 Å². The molecule has 0 saturated heterocycles. The maximum atomic E-state index is 12.2. The number of nitrogens with one attached hydrogen (secondary N) is 1. The highest BCUT2D eigenvalue weighted by atomic mass is 35.5. The maximum absolute atomic E-state index is 12.2. The van der Waals surface area contributed by atoms with E-state index in [9.17, 15) is 13.2 Å². The average Bonchev–Trinajstić information content (AvgIpc) is 2.42. The quantitative estimate of drug-likeness (QED) is 0.795. The topological polar surface area (TPSA) is 89.3 Å². The Morgan fingerprint density at radius 1 is 1.33 bits per heavy atom. The van der Waals surface area contributed by atoms with Gasteiger partial charge in [-0.25, -0.2) is 8.42 Å². The number of benzene rings is 1. The Morgan fingerprint density at radius 2 is 1.95 bits per heavy atom. The number of halogens is 1. The monoisotopic (exact) mass is 334 g/mol. The fraction of sp³-hybridized carbons (Fsp3) is 0.500. The molecule has 0 aliphatic heterocycles. The van der Waals surface area contributed by atoms with Gasteiger partial charge < -0.3 is 11.1 Å². The van der Waals surface area contributed by atoms with Crippen molar-refractivity contribution in [1.29, 1.82) is 0 Å². The van der Waals surface area contributed by atoms with E-state index in [4.69, 9.17) is 5.73 Å². The van der Waals surface area contributed by atoms with Crippen LogP contribution in [0.1, 0.15) is 36.5 Å². The Morgan fingerprint density at radius 3 is 2.48 bits per heavy atom. The third kappa shape index (κ3) is 6.03. The van der Waals surface area contributed by atoms with Crippen LogP contribution in [0.3, 0.4) is 0 Å². The predicted molar refractivity (Wildman–Crippen MR) is 86.6 cm³/mol. The van der Waals surface area contributed by atoms with Gasteiger partial charge in [0, 0.05) is 18.8 Å². The lowest BCUT2D eigenvalue weighted by molar-refractivity contribution is 0.0932. The van der Waals surface area contributed by atoms with Crippen LogP contribution in [-0.4, -0.2) is 33.2 Å². The number of sulfone groups is 1. The van der Waals surface area contributed by atoms with E-state index >= 15 is 0 Å². The van der Waals surface area contributed by atoms with Crippen molar-refractivity contribution < 1.29 is 13.2 Å². The van der Waals surface area contributed by atoms with Crippen LogP contribution in [0.5, 0.6) is 0 Å². The van der Waals surface area contributed by atoms with E-state index in [2.05, 4.69) is 12.2 Å². The molecule has 1 aromatic rings. The Kier molecular flexibility index (Phi) is 8.54. The van der Waals surface area contributed by atoms with Crippen LogP contribution in [0.2, 0.25) is 0 Å². The number of hydrogen-bond donors (Lipinski definition) is 2. The normalized spacial score (nSPS) is 12.3. The Labute approximate surface area is 132 Å². The SMILES string of the molecule is CCCCC(CN)NC(=O)c1ccccc1S(C)(=O)=O.Cl. The number of unbranched alkanes of at least 4 members (excludes halogenated alkanes) is 1. The summed E-state index contributed by atoms with van der Waals surface area (Å²) in [6.45, 7) is 2.40. The lowest BCUT2D eigenvalue weighted by Crippen LogP contribution is -2.40. The van der Waals surface area contributed by atoms with Crippen LogP contribution >= 0.6 is 12.4 Å². The molecule has 0 aromatic heterocycles. The molecular weight excluding hydrogens is 312 g/mol. The summed E-state index contributed by atoms with van der Waals surface area (Å²) in [7, 11) is -3.43. The molecule has 1 rings (SSSR count). The molecule has 3 N–H and O–H groups in total. The second-order valence-electron chi connectivity index (χ2n) is 4.82. The summed E-state index contributed by atoms with van der Waals surface area (Å²) >= 11 is 0. The molecule has 1 unspecified atom stereocenters. The molecule has 0 heterocycles. The highest BCUT2D eigenvalue weighted by molar-refractivity contribution is 7.90. The number of hydrogen-bond acceptors (Lipinski definition) is 4. The molecule has 1 aromatic carbocycles. The highest BCUT2D eigenvalue weighted by Gasteiger charge is 2.19. The van der Waals surface area contributed by atoms with Gasteiger partial charge in [0.2, 0.25) is 0 Å². The van der Waals surface area contributed by atoms with Gasteiger partial charge in [0.05, 0.1) is 10.5 Å². The average molecular weight is 335 g/mol. The first-order chi connectivity index (χ1) is 9.40. The number of rotatable bonds is 7. The summed E-state index contributed by atoms with van der Waals surface area (Å²) in [5, 5.41) is 2.80. The number of carbonyl (C=O) groups excluding carboxylic acids is 1. The fourth-order valence-corrected chi connectivity index (χ4v) is 2.83. The van der Waals surface area contributed by atoms with E-state index in [-0.39, 0.29) is 28.9 Å². The van der Waals surface area contributed by atoms with Crippen LogP contribution < -0.4 is 11.1 Å². The van der Waals surface area contributed by atoms with Crippen LogP contribution in [0, 0.1) is 0 Å². The van der Waals surface area contributed by atoms with Crippen molar-refractivity contribution in [2.45, 2.75) is 37.1 Å². The fourth-order valence-electron chi connectivity index (χ4n) is 1.94. The number of nitrogens with two attached hydrogens (primary N) is 1. The molecule has 1 amide bonds. The van der Waals surface area contributed by atoms with Crippen molar-refractivity contribution >= 4 is 28.2 Å². The zero-order valence-electron chi connectivity index (χ0n) is 12.3. The van der Waals surface area contributed by atoms with Gasteiger partial charge in [-0.2, -0.15) is 0 Å². The number of amides is 1. The van der Waals surface area contributed by atoms with Gasteiger partial charge in [0.15, 0.2) is 9.84 Å². The molecular formula is C14H23ClN2O3S. The first kappa shape index (κ1) is 19.9. The Bertz CT molecular complexity index is 561. The summed E-state index contributed by atoms with van der Waals surface area (Å²) in [5.41, 5.74) is 5.80. The largest absolute Gasteiger partial charge is 0.348 e. The second kappa shape index (κ2) is 9.02. The smallest absolute Gasteiger partial charge is 0.252 e. The van der Waals surface area contributed by atoms with E-state index in [1.807, 2.05) is 0 Å². The minimum absolute atomic E-state index is 0.